The zero-order chi connectivity index (χ0) is 13.0. The third-order valence-electron chi connectivity index (χ3n) is 2.21. The number of nitrogens with two attached hydrogens (primary N) is 1. The first-order chi connectivity index (χ1) is 7.91. The fraction of sp³-hybridized carbons (Fsp3) is 0.500. The van der Waals surface area contributed by atoms with Crippen molar-refractivity contribution in [3.05, 3.63) is 17.5 Å². The molecule has 0 spiro atoms. The molecule has 94 valence electrons. The summed E-state index contributed by atoms with van der Waals surface area (Å²) < 4.78 is 1.34. The Kier molecular flexibility index (Phi) is 4.22. The molecule has 7 nitrogen and oxygen atoms in total. The Balaban J connectivity index is 2.66. The molecule has 0 saturated carbocycles. The molecule has 0 aliphatic heterocycles. The number of nitrogens with zero attached hydrogens (tertiary/aromatic N) is 3. The Morgan fingerprint density at radius 3 is 2.65 bits per heavy atom. The van der Waals surface area contributed by atoms with E-state index in [1.807, 2.05) is 19.0 Å². The molecule has 0 aliphatic rings. The molecule has 17 heavy (non-hydrogen) atoms. The van der Waals surface area contributed by atoms with E-state index in [9.17, 15) is 9.59 Å². The van der Waals surface area contributed by atoms with Gasteiger partial charge in [0.1, 0.15) is 5.69 Å². The van der Waals surface area contributed by atoms with E-state index < -0.39 is 5.91 Å². The van der Waals surface area contributed by atoms with Gasteiger partial charge in [0, 0.05) is 26.2 Å². The summed E-state index contributed by atoms with van der Waals surface area (Å²) in [5.74, 6) is -0.915. The van der Waals surface area contributed by atoms with Gasteiger partial charge < -0.3 is 16.0 Å². The molecule has 1 aromatic rings. The Hall–Kier alpha value is -1.89. The smallest absolute Gasteiger partial charge is 0.269 e. The van der Waals surface area contributed by atoms with Crippen LogP contribution in [-0.4, -0.2) is 53.7 Å². The largest absolute Gasteiger partial charge is 0.364 e. The molecule has 3 N–H and O–H groups in total. The first kappa shape index (κ1) is 13.2. The second-order valence-electron chi connectivity index (χ2n) is 3.96. The fourth-order valence-electron chi connectivity index (χ4n) is 1.28. The third kappa shape index (κ3) is 3.56. The molecule has 0 atom stereocenters. The third-order valence-corrected chi connectivity index (χ3v) is 2.21. The van der Waals surface area contributed by atoms with Gasteiger partial charge in [-0.1, -0.05) is 0 Å². The Morgan fingerprint density at radius 1 is 1.53 bits per heavy atom. The van der Waals surface area contributed by atoms with Gasteiger partial charge in [0.25, 0.3) is 11.8 Å². The highest BCUT2D eigenvalue weighted by Crippen LogP contribution is 2.02. The molecule has 0 saturated heterocycles. The SMILES string of the molecule is CN(C)CCNC(=O)c1cc(C(N)=O)nn1C. The number of aromatic nitrogens is 2. The van der Waals surface area contributed by atoms with Crippen molar-refractivity contribution in [3.8, 4) is 0 Å². The van der Waals surface area contributed by atoms with Crippen LogP contribution in [0.15, 0.2) is 6.07 Å². The number of aryl methyl sites for hydroxylation is 1. The van der Waals surface area contributed by atoms with Gasteiger partial charge in [-0.15, -0.1) is 0 Å². The number of amides is 2. The second-order valence-corrected chi connectivity index (χ2v) is 3.96. The fourth-order valence-corrected chi connectivity index (χ4v) is 1.28. The van der Waals surface area contributed by atoms with Crippen molar-refractivity contribution in [1.29, 1.82) is 0 Å². The molecule has 1 rings (SSSR count). The van der Waals surface area contributed by atoms with Gasteiger partial charge >= 0.3 is 0 Å². The van der Waals surface area contributed by atoms with Gasteiger partial charge in [0.05, 0.1) is 0 Å². The van der Waals surface area contributed by atoms with E-state index in [4.69, 9.17) is 5.73 Å². The van der Waals surface area contributed by atoms with Crippen LogP contribution in [0.4, 0.5) is 0 Å². The minimum absolute atomic E-state index is 0.0882. The van der Waals surface area contributed by atoms with E-state index in [0.29, 0.717) is 12.2 Å². The average Bonchev–Trinajstić information content (AvgIpc) is 2.59. The summed E-state index contributed by atoms with van der Waals surface area (Å²) in [5.41, 5.74) is 5.49. The summed E-state index contributed by atoms with van der Waals surface area (Å²) in [4.78, 5) is 24.6. The minimum atomic E-state index is -0.645. The average molecular weight is 239 g/mol. The van der Waals surface area contributed by atoms with Crippen molar-refractivity contribution in [2.24, 2.45) is 12.8 Å². The van der Waals surface area contributed by atoms with E-state index in [2.05, 4.69) is 10.4 Å². The van der Waals surface area contributed by atoms with E-state index in [-0.39, 0.29) is 11.6 Å². The molecular weight excluding hydrogens is 222 g/mol. The van der Waals surface area contributed by atoms with Crippen molar-refractivity contribution >= 4 is 11.8 Å². The molecule has 0 fully saturated rings. The predicted molar refractivity (Wildman–Crippen MR) is 62.6 cm³/mol. The van der Waals surface area contributed by atoms with Crippen LogP contribution in [0.2, 0.25) is 0 Å². The Labute approximate surface area is 99.6 Å². The number of carbonyl (C=O) groups excluding carboxylic acids is 2. The first-order valence-electron chi connectivity index (χ1n) is 5.18. The van der Waals surface area contributed by atoms with E-state index in [1.165, 1.54) is 10.7 Å². The molecule has 2 amide bonds. The van der Waals surface area contributed by atoms with Crippen molar-refractivity contribution in [3.63, 3.8) is 0 Å². The summed E-state index contributed by atoms with van der Waals surface area (Å²) in [5, 5.41) is 6.58. The molecule has 0 unspecified atom stereocenters. The van der Waals surface area contributed by atoms with Crippen LogP contribution in [0.25, 0.3) is 0 Å². The molecule has 0 radical (unpaired) electrons. The summed E-state index contributed by atoms with van der Waals surface area (Å²) >= 11 is 0. The topological polar surface area (TPSA) is 93.2 Å². The highest BCUT2D eigenvalue weighted by atomic mass is 16.2. The molecule has 0 bridgehead atoms. The first-order valence-corrected chi connectivity index (χ1v) is 5.18. The minimum Gasteiger partial charge on any atom is -0.364 e. The maximum absolute atomic E-state index is 11.7. The molecular formula is C10H17N5O2. The lowest BCUT2D eigenvalue weighted by Gasteiger charge is -2.10. The van der Waals surface area contributed by atoms with Gasteiger partial charge in [-0.3, -0.25) is 14.3 Å². The number of primary amides is 1. The van der Waals surface area contributed by atoms with Crippen LogP contribution in [0, 0.1) is 0 Å². The van der Waals surface area contributed by atoms with Crippen LogP contribution < -0.4 is 11.1 Å². The van der Waals surface area contributed by atoms with E-state index in [0.717, 1.165) is 6.54 Å². The van der Waals surface area contributed by atoms with Crippen LogP contribution >= 0.6 is 0 Å². The zero-order valence-electron chi connectivity index (χ0n) is 10.2. The van der Waals surface area contributed by atoms with Crippen molar-refractivity contribution in [2.45, 2.75) is 0 Å². The number of rotatable bonds is 5. The summed E-state index contributed by atoms with van der Waals surface area (Å²) in [6, 6.07) is 1.38. The van der Waals surface area contributed by atoms with Gasteiger partial charge in [-0.2, -0.15) is 5.10 Å². The van der Waals surface area contributed by atoms with Crippen LogP contribution in [0.1, 0.15) is 21.0 Å². The monoisotopic (exact) mass is 239 g/mol. The van der Waals surface area contributed by atoms with Crippen molar-refractivity contribution in [2.75, 3.05) is 27.2 Å². The Morgan fingerprint density at radius 2 is 2.18 bits per heavy atom. The molecule has 1 aromatic heterocycles. The van der Waals surface area contributed by atoms with Crippen LogP contribution in [-0.2, 0) is 7.05 Å². The number of carbonyl (C=O) groups is 2. The maximum Gasteiger partial charge on any atom is 0.269 e. The lowest BCUT2D eigenvalue weighted by molar-refractivity contribution is 0.0940. The predicted octanol–water partition coefficient (Wildman–Crippen LogP) is -1.19. The highest BCUT2D eigenvalue weighted by Gasteiger charge is 2.15. The van der Waals surface area contributed by atoms with Crippen molar-refractivity contribution < 1.29 is 9.59 Å². The number of hydrogen-bond acceptors (Lipinski definition) is 4. The molecule has 0 aromatic carbocycles. The lowest BCUT2D eigenvalue weighted by Crippen LogP contribution is -2.32. The number of nitrogens with one attached hydrogen (secondary N) is 1. The second kappa shape index (κ2) is 5.44. The molecule has 0 aliphatic carbocycles. The van der Waals surface area contributed by atoms with Crippen LogP contribution in [0.3, 0.4) is 0 Å². The van der Waals surface area contributed by atoms with Gasteiger partial charge in [-0.25, -0.2) is 0 Å². The normalized spacial score (nSPS) is 10.6. The summed E-state index contributed by atoms with van der Waals surface area (Å²) in [7, 11) is 5.43. The standard InChI is InChI=1S/C10H17N5O2/c1-14(2)5-4-12-10(17)8-6-7(9(11)16)13-15(8)3/h6H,4-5H2,1-3H3,(H2,11,16)(H,12,17). The molecule has 7 heteroatoms. The van der Waals surface area contributed by atoms with Crippen molar-refractivity contribution in [1.82, 2.24) is 20.0 Å². The number of likely N-dealkylation sites (N-methyl/N-ethyl adjacent to an activating group) is 1. The summed E-state index contributed by atoms with van der Waals surface area (Å²) in [6.07, 6.45) is 0. The van der Waals surface area contributed by atoms with Gasteiger partial charge in [-0.05, 0) is 14.1 Å². The van der Waals surface area contributed by atoms with Gasteiger partial charge in [0.15, 0.2) is 5.69 Å². The highest BCUT2D eigenvalue weighted by molar-refractivity contribution is 5.97. The number of hydrogen-bond donors (Lipinski definition) is 2. The zero-order valence-corrected chi connectivity index (χ0v) is 10.2. The van der Waals surface area contributed by atoms with Crippen LogP contribution in [0.5, 0.6) is 0 Å². The summed E-state index contributed by atoms with van der Waals surface area (Å²) in [6.45, 7) is 1.27. The Bertz CT molecular complexity index is 424. The maximum atomic E-state index is 11.7. The van der Waals surface area contributed by atoms with E-state index in [1.54, 1.807) is 7.05 Å². The lowest BCUT2D eigenvalue weighted by atomic mass is 10.3. The van der Waals surface area contributed by atoms with Gasteiger partial charge in [0.2, 0.25) is 0 Å². The quantitative estimate of drug-likeness (QED) is 0.675. The molecule has 1 heterocycles. The van der Waals surface area contributed by atoms with E-state index >= 15 is 0 Å².